The highest BCUT2D eigenvalue weighted by atomic mass is 32.2. The molecule has 2 aliphatic rings. The molecular formula is C20H29N5O4S2. The van der Waals surface area contributed by atoms with Crippen LogP contribution in [0.25, 0.3) is 0 Å². The van der Waals surface area contributed by atoms with Gasteiger partial charge in [0.05, 0.1) is 23.2 Å². The molecule has 0 aromatic carbocycles. The predicted molar refractivity (Wildman–Crippen MR) is 118 cm³/mol. The molecule has 2 aliphatic heterocycles. The van der Waals surface area contributed by atoms with Crippen molar-refractivity contribution in [2.24, 2.45) is 0 Å². The Labute approximate surface area is 184 Å². The molecule has 2 aromatic rings. The van der Waals surface area contributed by atoms with Crippen molar-refractivity contribution in [1.29, 1.82) is 0 Å². The van der Waals surface area contributed by atoms with E-state index in [2.05, 4.69) is 10.1 Å². The molecule has 0 aliphatic carbocycles. The van der Waals surface area contributed by atoms with E-state index in [4.69, 9.17) is 0 Å². The molecule has 2 fully saturated rings. The molecule has 4 heterocycles. The molecule has 0 N–H and O–H groups in total. The lowest BCUT2D eigenvalue weighted by atomic mass is 10.1. The Balaban J connectivity index is 1.50. The van der Waals surface area contributed by atoms with E-state index in [0.717, 1.165) is 29.8 Å². The Hall–Kier alpha value is -1.98. The van der Waals surface area contributed by atoms with Crippen LogP contribution in [0.5, 0.6) is 0 Å². The first-order chi connectivity index (χ1) is 14.6. The first-order valence-corrected chi connectivity index (χ1v) is 13.8. The summed E-state index contributed by atoms with van der Waals surface area (Å²) in [6.07, 6.45) is 3.80. The highest BCUT2D eigenvalue weighted by molar-refractivity contribution is 7.91. The van der Waals surface area contributed by atoms with Crippen molar-refractivity contribution in [1.82, 2.24) is 19.1 Å². The monoisotopic (exact) mass is 467 g/mol. The minimum atomic E-state index is -3.48. The van der Waals surface area contributed by atoms with Gasteiger partial charge in [0.15, 0.2) is 9.84 Å². The van der Waals surface area contributed by atoms with Crippen LogP contribution in [0.1, 0.15) is 42.3 Å². The van der Waals surface area contributed by atoms with Crippen molar-refractivity contribution in [3.63, 3.8) is 0 Å². The molecule has 1 atom stereocenters. The molecule has 1 unspecified atom stereocenters. The third-order valence-corrected chi connectivity index (χ3v) is 9.87. The molecule has 0 radical (unpaired) electrons. The number of sulfone groups is 1. The Kier molecular flexibility index (Phi) is 5.86. The van der Waals surface area contributed by atoms with Gasteiger partial charge < -0.3 is 4.90 Å². The van der Waals surface area contributed by atoms with Crippen LogP contribution >= 0.6 is 0 Å². The van der Waals surface area contributed by atoms with Crippen LogP contribution in [0.3, 0.4) is 0 Å². The van der Waals surface area contributed by atoms with Crippen molar-refractivity contribution >= 4 is 25.7 Å². The lowest BCUT2D eigenvalue weighted by Gasteiger charge is -2.20. The number of hydrogen-bond acceptors (Lipinski definition) is 7. The van der Waals surface area contributed by atoms with E-state index >= 15 is 0 Å². The molecule has 2 saturated heterocycles. The molecule has 9 nitrogen and oxygen atoms in total. The van der Waals surface area contributed by atoms with E-state index < -0.39 is 19.9 Å². The summed E-state index contributed by atoms with van der Waals surface area (Å²) in [5.41, 5.74) is 2.85. The van der Waals surface area contributed by atoms with Crippen molar-refractivity contribution < 1.29 is 16.8 Å². The van der Waals surface area contributed by atoms with Gasteiger partial charge in [-0.3, -0.25) is 4.68 Å². The van der Waals surface area contributed by atoms with Crippen LogP contribution in [0.2, 0.25) is 0 Å². The van der Waals surface area contributed by atoms with Gasteiger partial charge in [-0.05, 0) is 45.2 Å². The zero-order valence-electron chi connectivity index (χ0n) is 18.2. The smallest absolute Gasteiger partial charge is 0.244 e. The number of hydrogen-bond donors (Lipinski definition) is 0. The molecule has 0 spiro atoms. The first kappa shape index (κ1) is 22.2. The van der Waals surface area contributed by atoms with E-state index in [9.17, 15) is 16.8 Å². The van der Waals surface area contributed by atoms with Crippen LogP contribution in [-0.4, -0.2) is 67.5 Å². The molecule has 2 aromatic heterocycles. The number of nitrogens with zero attached hydrogens (tertiary/aromatic N) is 5. The highest BCUT2D eigenvalue weighted by Gasteiger charge is 2.32. The molecule has 31 heavy (non-hydrogen) atoms. The Bertz CT molecular complexity index is 1170. The number of aryl methyl sites for hydroxylation is 1. The van der Waals surface area contributed by atoms with Crippen molar-refractivity contribution in [2.45, 2.75) is 50.6 Å². The number of rotatable bonds is 6. The molecule has 0 bridgehead atoms. The summed E-state index contributed by atoms with van der Waals surface area (Å²) < 4.78 is 52.5. The topological polar surface area (TPSA) is 105 Å². The minimum absolute atomic E-state index is 0.115. The summed E-state index contributed by atoms with van der Waals surface area (Å²) in [5.74, 6) is 1.01. The van der Waals surface area contributed by atoms with Crippen LogP contribution in [-0.2, 0) is 26.4 Å². The molecule has 11 heteroatoms. The third kappa shape index (κ3) is 4.35. The molecule has 4 rings (SSSR count). The largest absolute Gasteiger partial charge is 0.355 e. The average Bonchev–Trinajstić information content (AvgIpc) is 3.44. The number of aromatic nitrogens is 3. The lowest BCUT2D eigenvalue weighted by molar-refractivity contribution is 0.477. The molecule has 170 valence electrons. The van der Waals surface area contributed by atoms with Crippen molar-refractivity contribution in [3.8, 4) is 0 Å². The van der Waals surface area contributed by atoms with Gasteiger partial charge in [0.25, 0.3) is 0 Å². The third-order valence-electron chi connectivity index (χ3n) is 6.24. The minimum Gasteiger partial charge on any atom is -0.355 e. The van der Waals surface area contributed by atoms with Crippen LogP contribution in [0.4, 0.5) is 5.82 Å². The fraction of sp³-hybridized carbons (Fsp3) is 0.600. The molecule has 0 saturated carbocycles. The van der Waals surface area contributed by atoms with Gasteiger partial charge >= 0.3 is 0 Å². The fourth-order valence-corrected chi connectivity index (χ4v) is 7.55. The summed E-state index contributed by atoms with van der Waals surface area (Å²) in [5, 5.41) is 4.62. The van der Waals surface area contributed by atoms with Gasteiger partial charge in [-0.15, -0.1) is 0 Å². The van der Waals surface area contributed by atoms with Gasteiger partial charge in [0.2, 0.25) is 10.0 Å². The maximum absolute atomic E-state index is 12.7. The summed E-state index contributed by atoms with van der Waals surface area (Å²) in [7, 11) is -4.57. The summed E-state index contributed by atoms with van der Waals surface area (Å²) >= 11 is 0. The van der Waals surface area contributed by atoms with E-state index in [1.165, 1.54) is 10.5 Å². The lowest BCUT2D eigenvalue weighted by Crippen LogP contribution is -2.28. The van der Waals surface area contributed by atoms with Crippen LogP contribution in [0.15, 0.2) is 23.2 Å². The van der Waals surface area contributed by atoms with E-state index in [-0.39, 0.29) is 22.4 Å². The second-order valence-electron chi connectivity index (χ2n) is 8.47. The second-order valence-corrected chi connectivity index (χ2v) is 12.6. The van der Waals surface area contributed by atoms with Gasteiger partial charge in [0, 0.05) is 44.1 Å². The number of sulfonamides is 1. The van der Waals surface area contributed by atoms with Crippen LogP contribution in [0, 0.1) is 13.8 Å². The Morgan fingerprint density at radius 2 is 1.90 bits per heavy atom. The summed E-state index contributed by atoms with van der Waals surface area (Å²) in [4.78, 5) is 6.55. The SMILES string of the molecule is Cc1nn(C2CCS(=O)(=O)C2)c(C)c1CN(C)c1ccc(S(=O)(=O)N2CCCC2)cn1. The second kappa shape index (κ2) is 8.18. The van der Waals surface area contributed by atoms with Gasteiger partial charge in [-0.25, -0.2) is 21.8 Å². The van der Waals surface area contributed by atoms with Crippen LogP contribution < -0.4 is 4.90 Å². The van der Waals surface area contributed by atoms with Gasteiger partial charge in [-0.2, -0.15) is 9.40 Å². The average molecular weight is 468 g/mol. The number of pyridine rings is 1. The Morgan fingerprint density at radius 1 is 1.19 bits per heavy atom. The van der Waals surface area contributed by atoms with E-state index in [1.54, 1.807) is 12.1 Å². The zero-order valence-corrected chi connectivity index (χ0v) is 19.8. The highest BCUT2D eigenvalue weighted by Crippen LogP contribution is 2.28. The van der Waals surface area contributed by atoms with Gasteiger partial charge in [0.1, 0.15) is 10.7 Å². The van der Waals surface area contributed by atoms with E-state index in [0.29, 0.717) is 31.9 Å². The maximum Gasteiger partial charge on any atom is 0.244 e. The summed E-state index contributed by atoms with van der Waals surface area (Å²) in [6, 6.07) is 3.22. The molecule has 0 amide bonds. The maximum atomic E-state index is 12.7. The van der Waals surface area contributed by atoms with Crippen molar-refractivity contribution in [3.05, 3.63) is 35.3 Å². The normalized spacial score (nSPS) is 21.6. The quantitative estimate of drug-likeness (QED) is 0.636. The van der Waals surface area contributed by atoms with Crippen molar-refractivity contribution in [2.75, 3.05) is 36.5 Å². The standard InChI is InChI=1S/C20H29N5O4S2/c1-15-19(16(2)25(22-15)17-8-11-30(26,27)14-17)13-23(3)20-7-6-18(12-21-20)31(28,29)24-9-4-5-10-24/h6-7,12,17H,4-5,8-11,13-14H2,1-3H3. The predicted octanol–water partition coefficient (Wildman–Crippen LogP) is 1.68. The first-order valence-electron chi connectivity index (χ1n) is 10.5. The molecular weight excluding hydrogens is 438 g/mol. The van der Waals surface area contributed by atoms with E-state index in [1.807, 2.05) is 30.5 Å². The zero-order chi connectivity index (χ0) is 22.4. The van der Waals surface area contributed by atoms with Gasteiger partial charge in [-0.1, -0.05) is 0 Å². The number of anilines is 1. The fourth-order valence-electron chi connectivity index (χ4n) is 4.40. The summed E-state index contributed by atoms with van der Waals surface area (Å²) in [6.45, 7) is 5.56. The Morgan fingerprint density at radius 3 is 2.48 bits per heavy atom.